The first kappa shape index (κ1) is 14.5. The summed E-state index contributed by atoms with van der Waals surface area (Å²) >= 11 is 0. The van der Waals surface area contributed by atoms with Crippen LogP contribution in [0.4, 0.5) is 0 Å². The van der Waals surface area contributed by atoms with Gasteiger partial charge in [0.25, 0.3) is 0 Å². The zero-order valence-corrected chi connectivity index (χ0v) is 10.9. The molecule has 1 N–H and O–H groups in total. The Balaban J connectivity index is 4.05. The van der Waals surface area contributed by atoms with Crippen molar-refractivity contribution in [2.75, 3.05) is 0 Å². The Morgan fingerprint density at radius 1 is 1.07 bits per heavy atom. The quantitative estimate of drug-likeness (QED) is 0.613. The van der Waals surface area contributed by atoms with E-state index in [0.717, 1.165) is 19.3 Å². The summed E-state index contributed by atoms with van der Waals surface area (Å²) in [6.07, 6.45) is 8.30. The second kappa shape index (κ2) is 7.72. The highest BCUT2D eigenvalue weighted by Crippen LogP contribution is 2.23. The van der Waals surface area contributed by atoms with Crippen LogP contribution >= 0.6 is 0 Å². The Hall–Kier alpha value is -0.530. The van der Waals surface area contributed by atoms with Crippen LogP contribution in [0.1, 0.15) is 72.6 Å². The first-order valence-electron chi connectivity index (χ1n) is 6.39. The highest BCUT2D eigenvalue weighted by atomic mass is 16.1. The Morgan fingerprint density at radius 3 is 2.07 bits per heavy atom. The van der Waals surface area contributed by atoms with Gasteiger partial charge >= 0.3 is 0 Å². The molecule has 90 valence electrons. The van der Waals surface area contributed by atoms with E-state index in [4.69, 9.17) is 0 Å². The van der Waals surface area contributed by atoms with Crippen molar-refractivity contribution in [3.05, 3.63) is 0 Å². The van der Waals surface area contributed by atoms with Crippen molar-refractivity contribution < 1.29 is 4.79 Å². The molecule has 0 saturated carbocycles. The summed E-state index contributed by atoms with van der Waals surface area (Å²) in [4.78, 5) is 11.2. The minimum Gasteiger partial charge on any atom is -0.351 e. The molecular formula is C13H27NO. The lowest BCUT2D eigenvalue weighted by Gasteiger charge is -2.32. The van der Waals surface area contributed by atoms with Crippen LogP contribution in [-0.4, -0.2) is 11.4 Å². The second-order valence-electron chi connectivity index (χ2n) is 4.48. The number of unbranched alkanes of at least 4 members (excludes halogenated alkanes) is 3. The van der Waals surface area contributed by atoms with Crippen LogP contribution in [0, 0.1) is 0 Å². The van der Waals surface area contributed by atoms with Crippen LogP contribution in [0.25, 0.3) is 0 Å². The lowest BCUT2D eigenvalue weighted by atomic mass is 9.86. The molecule has 0 rings (SSSR count). The Bertz CT molecular complexity index is 173. The van der Waals surface area contributed by atoms with Crippen LogP contribution < -0.4 is 5.32 Å². The number of rotatable bonds is 8. The van der Waals surface area contributed by atoms with Crippen molar-refractivity contribution in [3.63, 3.8) is 0 Å². The maximum Gasteiger partial charge on any atom is 0.217 e. The number of nitrogens with one attached hydrogen (secondary N) is 1. The number of hydrogen-bond acceptors (Lipinski definition) is 1. The van der Waals surface area contributed by atoms with Gasteiger partial charge in [0.15, 0.2) is 0 Å². The van der Waals surface area contributed by atoms with Crippen LogP contribution in [0.5, 0.6) is 0 Å². The molecular weight excluding hydrogens is 186 g/mol. The molecule has 0 unspecified atom stereocenters. The van der Waals surface area contributed by atoms with Gasteiger partial charge in [0, 0.05) is 12.5 Å². The van der Waals surface area contributed by atoms with Crippen molar-refractivity contribution in [2.24, 2.45) is 0 Å². The molecule has 0 fully saturated rings. The summed E-state index contributed by atoms with van der Waals surface area (Å²) in [7, 11) is 0. The van der Waals surface area contributed by atoms with E-state index in [1.54, 1.807) is 6.92 Å². The largest absolute Gasteiger partial charge is 0.351 e. The van der Waals surface area contributed by atoms with Gasteiger partial charge in [0.05, 0.1) is 0 Å². The summed E-state index contributed by atoms with van der Waals surface area (Å²) in [5.41, 5.74) is 0.0551. The molecule has 0 aromatic heterocycles. The zero-order chi connectivity index (χ0) is 11.7. The van der Waals surface area contributed by atoms with Crippen molar-refractivity contribution in [2.45, 2.75) is 78.2 Å². The maximum atomic E-state index is 11.2. The van der Waals surface area contributed by atoms with Crippen LogP contribution in [-0.2, 0) is 4.79 Å². The second-order valence-corrected chi connectivity index (χ2v) is 4.48. The topological polar surface area (TPSA) is 29.1 Å². The number of hydrogen-bond donors (Lipinski definition) is 1. The molecule has 0 atom stereocenters. The van der Waals surface area contributed by atoms with Crippen LogP contribution in [0.2, 0.25) is 0 Å². The van der Waals surface area contributed by atoms with Gasteiger partial charge in [-0.25, -0.2) is 0 Å². The highest BCUT2D eigenvalue weighted by Gasteiger charge is 2.25. The summed E-state index contributed by atoms with van der Waals surface area (Å²) < 4.78 is 0. The molecule has 0 heterocycles. The van der Waals surface area contributed by atoms with Gasteiger partial charge in [-0.2, -0.15) is 0 Å². The third kappa shape index (κ3) is 5.81. The van der Waals surface area contributed by atoms with E-state index in [2.05, 4.69) is 26.1 Å². The molecule has 0 aliphatic heterocycles. The number of carbonyl (C=O) groups is 1. The van der Waals surface area contributed by atoms with Gasteiger partial charge in [0.1, 0.15) is 0 Å². The third-order valence-corrected chi connectivity index (χ3v) is 3.30. The van der Waals surface area contributed by atoms with Gasteiger partial charge < -0.3 is 5.32 Å². The SMILES string of the molecule is CCCCCCC(CC)(CC)NC(C)=O. The summed E-state index contributed by atoms with van der Waals surface area (Å²) in [5.74, 6) is 0.106. The fourth-order valence-corrected chi connectivity index (χ4v) is 2.11. The first-order chi connectivity index (χ1) is 7.10. The fraction of sp³-hybridized carbons (Fsp3) is 0.923. The average Bonchev–Trinajstić information content (AvgIpc) is 2.22. The van der Waals surface area contributed by atoms with Crippen LogP contribution in [0.15, 0.2) is 0 Å². The van der Waals surface area contributed by atoms with E-state index < -0.39 is 0 Å². The van der Waals surface area contributed by atoms with E-state index >= 15 is 0 Å². The van der Waals surface area contributed by atoms with E-state index in [1.165, 1.54) is 25.7 Å². The molecule has 0 aliphatic carbocycles. The molecule has 1 amide bonds. The van der Waals surface area contributed by atoms with Gasteiger partial charge in [0.2, 0.25) is 5.91 Å². The van der Waals surface area contributed by atoms with Crippen molar-refractivity contribution >= 4 is 5.91 Å². The van der Waals surface area contributed by atoms with Crippen molar-refractivity contribution in [3.8, 4) is 0 Å². The fourth-order valence-electron chi connectivity index (χ4n) is 2.11. The van der Waals surface area contributed by atoms with Crippen molar-refractivity contribution in [1.29, 1.82) is 0 Å². The Morgan fingerprint density at radius 2 is 1.67 bits per heavy atom. The Kier molecular flexibility index (Phi) is 7.45. The average molecular weight is 213 g/mol. The highest BCUT2D eigenvalue weighted by molar-refractivity contribution is 5.73. The lowest BCUT2D eigenvalue weighted by Crippen LogP contribution is -2.46. The monoisotopic (exact) mass is 213 g/mol. The Labute approximate surface area is 94.8 Å². The maximum absolute atomic E-state index is 11.2. The minimum atomic E-state index is 0.0551. The van der Waals surface area contributed by atoms with Gasteiger partial charge in [-0.15, -0.1) is 0 Å². The van der Waals surface area contributed by atoms with Crippen molar-refractivity contribution in [1.82, 2.24) is 5.32 Å². The molecule has 0 aromatic rings. The molecule has 0 saturated heterocycles. The number of amides is 1. The van der Waals surface area contributed by atoms with Gasteiger partial charge in [-0.05, 0) is 19.3 Å². The lowest BCUT2D eigenvalue weighted by molar-refractivity contribution is -0.121. The summed E-state index contributed by atoms with van der Waals surface area (Å²) in [5, 5.41) is 3.13. The van der Waals surface area contributed by atoms with Crippen LogP contribution in [0.3, 0.4) is 0 Å². The third-order valence-electron chi connectivity index (χ3n) is 3.30. The molecule has 0 spiro atoms. The molecule has 0 bridgehead atoms. The minimum absolute atomic E-state index is 0.0551. The van der Waals surface area contributed by atoms with Gasteiger partial charge in [-0.3, -0.25) is 4.79 Å². The zero-order valence-electron chi connectivity index (χ0n) is 10.9. The predicted octanol–water partition coefficient (Wildman–Crippen LogP) is 3.65. The van der Waals surface area contributed by atoms with E-state index in [0.29, 0.717) is 0 Å². The smallest absolute Gasteiger partial charge is 0.217 e. The molecule has 15 heavy (non-hydrogen) atoms. The first-order valence-corrected chi connectivity index (χ1v) is 6.39. The van der Waals surface area contributed by atoms with E-state index in [9.17, 15) is 4.79 Å². The summed E-state index contributed by atoms with van der Waals surface area (Å²) in [6.45, 7) is 8.17. The van der Waals surface area contributed by atoms with E-state index in [-0.39, 0.29) is 11.4 Å². The molecule has 0 aromatic carbocycles. The molecule has 2 heteroatoms. The summed E-state index contributed by atoms with van der Waals surface area (Å²) in [6, 6.07) is 0. The molecule has 2 nitrogen and oxygen atoms in total. The molecule has 0 radical (unpaired) electrons. The van der Waals surface area contributed by atoms with Gasteiger partial charge in [-0.1, -0.05) is 46.5 Å². The molecule has 0 aliphatic rings. The standard InChI is InChI=1S/C13H27NO/c1-5-8-9-10-11-13(6-2,7-3)14-12(4)15/h5-11H2,1-4H3,(H,14,15). The normalized spacial score (nSPS) is 11.5. The van der Waals surface area contributed by atoms with E-state index in [1.807, 2.05) is 0 Å². The predicted molar refractivity (Wildman–Crippen MR) is 65.9 cm³/mol. The number of carbonyl (C=O) groups excluding carboxylic acids is 1.